The Balaban J connectivity index is 1.96. The van der Waals surface area contributed by atoms with E-state index in [2.05, 4.69) is 36.2 Å². The van der Waals surface area contributed by atoms with Crippen molar-refractivity contribution < 1.29 is 0 Å². The van der Waals surface area contributed by atoms with Crippen LogP contribution in [0.25, 0.3) is 0 Å². The highest BCUT2D eigenvalue weighted by Crippen LogP contribution is 2.24. The van der Waals surface area contributed by atoms with Crippen molar-refractivity contribution >= 4 is 35.0 Å². The molecule has 0 radical (unpaired) electrons. The average molecular weight is 298 g/mol. The lowest BCUT2D eigenvalue weighted by atomic mass is 10.1. The number of aromatic nitrogens is 1. The van der Waals surface area contributed by atoms with Crippen LogP contribution in [0.5, 0.6) is 0 Å². The summed E-state index contributed by atoms with van der Waals surface area (Å²) in [6.45, 7) is 2.13. The number of thioether (sulfide) groups is 1. The van der Waals surface area contributed by atoms with Crippen LogP contribution >= 0.6 is 35.0 Å². The smallest absolute Gasteiger partial charge is 0.129 e. The second-order valence-corrected chi connectivity index (χ2v) is 5.76. The van der Waals surface area contributed by atoms with Crippen LogP contribution in [0, 0.1) is 6.92 Å². The van der Waals surface area contributed by atoms with E-state index >= 15 is 0 Å². The molecule has 0 saturated carbocycles. The summed E-state index contributed by atoms with van der Waals surface area (Å²) in [5.41, 5.74) is 3.51. The SMILES string of the molecule is Cc1ccccc1CSCc1nc(Cl)ccc1Cl. The topological polar surface area (TPSA) is 12.9 Å². The number of aryl methyl sites for hydroxylation is 1. The van der Waals surface area contributed by atoms with Crippen molar-refractivity contribution in [2.24, 2.45) is 0 Å². The zero-order valence-electron chi connectivity index (χ0n) is 9.99. The highest BCUT2D eigenvalue weighted by molar-refractivity contribution is 7.97. The maximum Gasteiger partial charge on any atom is 0.129 e. The third-order valence-electron chi connectivity index (χ3n) is 2.64. The number of benzene rings is 1. The fourth-order valence-electron chi connectivity index (χ4n) is 1.59. The van der Waals surface area contributed by atoms with Crippen molar-refractivity contribution in [2.75, 3.05) is 0 Å². The largest absolute Gasteiger partial charge is 0.239 e. The molecule has 94 valence electrons. The molecule has 1 nitrogen and oxygen atoms in total. The quantitative estimate of drug-likeness (QED) is 0.726. The highest BCUT2D eigenvalue weighted by atomic mass is 35.5. The molecule has 0 atom stereocenters. The Kier molecular flexibility index (Phi) is 4.93. The van der Waals surface area contributed by atoms with Gasteiger partial charge in [0.05, 0.1) is 10.7 Å². The van der Waals surface area contributed by atoms with Crippen LogP contribution in [0.3, 0.4) is 0 Å². The summed E-state index contributed by atoms with van der Waals surface area (Å²) < 4.78 is 0. The van der Waals surface area contributed by atoms with E-state index in [1.165, 1.54) is 11.1 Å². The Morgan fingerprint density at radius 3 is 2.61 bits per heavy atom. The van der Waals surface area contributed by atoms with E-state index in [4.69, 9.17) is 23.2 Å². The van der Waals surface area contributed by atoms with Gasteiger partial charge in [-0.1, -0.05) is 47.5 Å². The minimum absolute atomic E-state index is 0.492. The predicted octanol–water partition coefficient (Wildman–Crippen LogP) is 5.13. The van der Waals surface area contributed by atoms with Crippen LogP contribution in [0.15, 0.2) is 36.4 Å². The molecule has 0 amide bonds. The van der Waals surface area contributed by atoms with Gasteiger partial charge >= 0.3 is 0 Å². The molecule has 0 unspecified atom stereocenters. The standard InChI is InChI=1S/C14H13Cl2NS/c1-10-4-2-3-5-11(10)8-18-9-13-12(15)6-7-14(16)17-13/h2-7H,8-9H2,1H3. The fraction of sp³-hybridized carbons (Fsp3) is 0.214. The van der Waals surface area contributed by atoms with Gasteiger partial charge in [-0.05, 0) is 30.2 Å². The van der Waals surface area contributed by atoms with Crippen molar-refractivity contribution in [1.82, 2.24) is 4.98 Å². The number of halogens is 2. The molecule has 0 aliphatic carbocycles. The number of nitrogens with zero attached hydrogens (tertiary/aromatic N) is 1. The molecular weight excluding hydrogens is 285 g/mol. The molecule has 2 aromatic rings. The lowest BCUT2D eigenvalue weighted by Gasteiger charge is -2.06. The number of pyridine rings is 1. The molecule has 1 heterocycles. The van der Waals surface area contributed by atoms with Gasteiger partial charge in [0.25, 0.3) is 0 Å². The lowest BCUT2D eigenvalue weighted by Crippen LogP contribution is -1.91. The van der Waals surface area contributed by atoms with Crippen molar-refractivity contribution in [3.05, 3.63) is 63.4 Å². The van der Waals surface area contributed by atoms with E-state index in [0.717, 1.165) is 17.2 Å². The van der Waals surface area contributed by atoms with Gasteiger partial charge in [-0.3, -0.25) is 0 Å². The first-order valence-corrected chi connectivity index (χ1v) is 7.51. The minimum Gasteiger partial charge on any atom is -0.239 e. The van der Waals surface area contributed by atoms with E-state index in [0.29, 0.717) is 10.2 Å². The average Bonchev–Trinajstić information content (AvgIpc) is 2.36. The lowest BCUT2D eigenvalue weighted by molar-refractivity contribution is 1.17. The van der Waals surface area contributed by atoms with Crippen LogP contribution in [0.4, 0.5) is 0 Å². The van der Waals surface area contributed by atoms with Gasteiger partial charge in [0, 0.05) is 11.5 Å². The molecule has 0 bridgehead atoms. The number of hydrogen-bond acceptors (Lipinski definition) is 2. The molecule has 0 saturated heterocycles. The van der Waals surface area contributed by atoms with Crippen molar-refractivity contribution in [1.29, 1.82) is 0 Å². The zero-order valence-corrected chi connectivity index (χ0v) is 12.3. The third kappa shape index (κ3) is 3.64. The van der Waals surface area contributed by atoms with Crippen LogP contribution in [0.1, 0.15) is 16.8 Å². The Morgan fingerprint density at radius 2 is 1.83 bits per heavy atom. The Bertz CT molecular complexity index is 543. The Morgan fingerprint density at radius 1 is 1.06 bits per heavy atom. The normalized spacial score (nSPS) is 10.6. The first kappa shape index (κ1) is 13.7. The van der Waals surface area contributed by atoms with Gasteiger partial charge in [0.2, 0.25) is 0 Å². The summed E-state index contributed by atoms with van der Waals surface area (Å²) in [7, 11) is 0. The molecule has 0 aliphatic heterocycles. The van der Waals surface area contributed by atoms with Crippen molar-refractivity contribution in [2.45, 2.75) is 18.4 Å². The first-order chi connectivity index (χ1) is 8.66. The number of rotatable bonds is 4. The monoisotopic (exact) mass is 297 g/mol. The van der Waals surface area contributed by atoms with E-state index in [1.54, 1.807) is 23.9 Å². The van der Waals surface area contributed by atoms with Gasteiger partial charge in [-0.15, -0.1) is 0 Å². The summed E-state index contributed by atoms with van der Waals surface area (Å²) in [4.78, 5) is 4.24. The van der Waals surface area contributed by atoms with Crippen molar-refractivity contribution in [3.63, 3.8) is 0 Å². The summed E-state index contributed by atoms with van der Waals surface area (Å²) >= 11 is 13.7. The maximum absolute atomic E-state index is 6.07. The van der Waals surface area contributed by atoms with Crippen LogP contribution in [-0.2, 0) is 11.5 Å². The molecular formula is C14H13Cl2NS. The van der Waals surface area contributed by atoms with Gasteiger partial charge in [-0.2, -0.15) is 11.8 Å². The predicted molar refractivity (Wildman–Crippen MR) is 80.4 cm³/mol. The molecule has 0 spiro atoms. The second-order valence-electron chi connectivity index (χ2n) is 3.98. The van der Waals surface area contributed by atoms with Gasteiger partial charge in [0.15, 0.2) is 0 Å². The van der Waals surface area contributed by atoms with Crippen LogP contribution < -0.4 is 0 Å². The van der Waals surface area contributed by atoms with Crippen LogP contribution in [-0.4, -0.2) is 4.98 Å². The molecule has 0 fully saturated rings. The number of hydrogen-bond donors (Lipinski definition) is 0. The maximum atomic E-state index is 6.07. The Labute approximate surface area is 122 Å². The molecule has 2 rings (SSSR count). The van der Waals surface area contributed by atoms with Gasteiger partial charge < -0.3 is 0 Å². The van der Waals surface area contributed by atoms with E-state index in [9.17, 15) is 0 Å². The molecule has 0 aliphatic rings. The zero-order chi connectivity index (χ0) is 13.0. The molecule has 18 heavy (non-hydrogen) atoms. The molecule has 1 aromatic heterocycles. The third-order valence-corrected chi connectivity index (χ3v) is 4.19. The summed E-state index contributed by atoms with van der Waals surface area (Å²) in [5.74, 6) is 1.73. The fourth-order valence-corrected chi connectivity index (χ4v) is 3.06. The molecule has 0 N–H and O–H groups in total. The van der Waals surface area contributed by atoms with E-state index < -0.39 is 0 Å². The van der Waals surface area contributed by atoms with Gasteiger partial charge in [-0.25, -0.2) is 4.98 Å². The van der Waals surface area contributed by atoms with E-state index in [-0.39, 0.29) is 0 Å². The Hall–Kier alpha value is -0.700. The van der Waals surface area contributed by atoms with Crippen LogP contribution in [0.2, 0.25) is 10.2 Å². The first-order valence-electron chi connectivity index (χ1n) is 5.60. The molecule has 1 aromatic carbocycles. The second kappa shape index (κ2) is 6.46. The highest BCUT2D eigenvalue weighted by Gasteiger charge is 2.04. The molecule has 4 heteroatoms. The van der Waals surface area contributed by atoms with E-state index in [1.807, 2.05) is 0 Å². The van der Waals surface area contributed by atoms with Crippen molar-refractivity contribution in [3.8, 4) is 0 Å². The summed E-state index contributed by atoms with van der Waals surface area (Å²) in [6.07, 6.45) is 0. The minimum atomic E-state index is 0.492. The summed E-state index contributed by atoms with van der Waals surface area (Å²) in [6, 6.07) is 11.9. The summed E-state index contributed by atoms with van der Waals surface area (Å²) in [5, 5.41) is 1.17. The van der Waals surface area contributed by atoms with Gasteiger partial charge in [0.1, 0.15) is 5.15 Å².